The predicted molar refractivity (Wildman–Crippen MR) is 55.7 cm³/mol. The summed E-state index contributed by atoms with van der Waals surface area (Å²) in [6.07, 6.45) is 0. The van der Waals surface area contributed by atoms with Crippen LogP contribution in [0.4, 0.5) is 0 Å². The van der Waals surface area contributed by atoms with Gasteiger partial charge in [0.15, 0.2) is 0 Å². The van der Waals surface area contributed by atoms with Crippen molar-refractivity contribution in [3.8, 4) is 5.75 Å². The molecule has 3 nitrogen and oxygen atoms in total. The van der Waals surface area contributed by atoms with Crippen LogP contribution in [0.25, 0.3) is 0 Å². The maximum Gasteiger partial charge on any atom is 0.254 e. The Balaban J connectivity index is 3.07. The molecule has 1 amide bonds. The summed E-state index contributed by atoms with van der Waals surface area (Å²) in [7, 11) is 1.61. The number of rotatable bonds is 3. The van der Waals surface area contributed by atoms with E-state index in [4.69, 9.17) is 4.74 Å². The van der Waals surface area contributed by atoms with Crippen molar-refractivity contribution in [1.29, 1.82) is 0 Å². The van der Waals surface area contributed by atoms with Gasteiger partial charge in [0.05, 0.1) is 12.2 Å². The van der Waals surface area contributed by atoms with Crippen LogP contribution in [0.1, 0.15) is 22.8 Å². The topological polar surface area (TPSA) is 38.3 Å². The summed E-state index contributed by atoms with van der Waals surface area (Å²) in [6.45, 7) is 4.43. The number of carbonyl (C=O) groups excluding carboxylic acids is 1. The Morgan fingerprint density at radius 2 is 2.21 bits per heavy atom. The number of ether oxygens (including phenoxy) is 1. The van der Waals surface area contributed by atoms with Crippen LogP contribution in [-0.2, 0) is 0 Å². The number of hydrogen-bond acceptors (Lipinski definition) is 2. The second-order valence-electron chi connectivity index (χ2n) is 3.01. The molecular formula is C11H15NO2. The zero-order valence-corrected chi connectivity index (χ0v) is 8.76. The molecule has 1 aromatic carbocycles. The first-order valence-corrected chi connectivity index (χ1v) is 4.64. The molecule has 0 saturated heterocycles. The minimum absolute atomic E-state index is 0.117. The smallest absolute Gasteiger partial charge is 0.254 e. The molecule has 0 saturated carbocycles. The molecule has 0 fully saturated rings. The molecule has 14 heavy (non-hydrogen) atoms. The highest BCUT2D eigenvalue weighted by Gasteiger charge is 2.10. The van der Waals surface area contributed by atoms with Crippen LogP contribution >= 0.6 is 0 Å². The van der Waals surface area contributed by atoms with Crippen molar-refractivity contribution in [1.82, 2.24) is 5.32 Å². The Morgan fingerprint density at radius 1 is 1.50 bits per heavy atom. The van der Waals surface area contributed by atoms with E-state index < -0.39 is 0 Å². The third-order valence-electron chi connectivity index (χ3n) is 1.91. The van der Waals surface area contributed by atoms with Crippen molar-refractivity contribution in [3.63, 3.8) is 0 Å². The molecule has 1 rings (SSSR count). The highest BCUT2D eigenvalue weighted by molar-refractivity contribution is 5.96. The predicted octanol–water partition coefficient (Wildman–Crippen LogP) is 1.75. The average Bonchev–Trinajstić information content (AvgIpc) is 2.17. The van der Waals surface area contributed by atoms with Crippen LogP contribution in [-0.4, -0.2) is 19.6 Å². The lowest BCUT2D eigenvalue weighted by molar-refractivity contribution is 0.0959. The lowest BCUT2D eigenvalue weighted by Crippen LogP contribution is -2.18. The van der Waals surface area contributed by atoms with Crippen molar-refractivity contribution in [2.24, 2.45) is 0 Å². The van der Waals surface area contributed by atoms with E-state index in [1.165, 1.54) is 0 Å². The lowest BCUT2D eigenvalue weighted by Gasteiger charge is -2.09. The van der Waals surface area contributed by atoms with Gasteiger partial charge in [0, 0.05) is 7.05 Å². The van der Waals surface area contributed by atoms with Gasteiger partial charge in [-0.15, -0.1) is 0 Å². The summed E-state index contributed by atoms with van der Waals surface area (Å²) in [5, 5.41) is 2.58. The number of benzene rings is 1. The molecule has 0 aromatic heterocycles. The van der Waals surface area contributed by atoms with Gasteiger partial charge in [0.2, 0.25) is 0 Å². The minimum atomic E-state index is -0.117. The van der Waals surface area contributed by atoms with E-state index in [-0.39, 0.29) is 5.91 Å². The van der Waals surface area contributed by atoms with Crippen molar-refractivity contribution in [2.75, 3.05) is 13.7 Å². The SMILES string of the molecule is CCOc1cc(C)ccc1C(=O)NC. The van der Waals surface area contributed by atoms with Gasteiger partial charge < -0.3 is 10.1 Å². The van der Waals surface area contributed by atoms with Gasteiger partial charge in [-0.25, -0.2) is 0 Å². The minimum Gasteiger partial charge on any atom is -0.493 e. The third-order valence-corrected chi connectivity index (χ3v) is 1.91. The maximum absolute atomic E-state index is 11.4. The fraction of sp³-hybridized carbons (Fsp3) is 0.364. The van der Waals surface area contributed by atoms with Gasteiger partial charge in [-0.05, 0) is 31.5 Å². The maximum atomic E-state index is 11.4. The second kappa shape index (κ2) is 4.65. The first-order valence-electron chi connectivity index (χ1n) is 4.64. The summed E-state index contributed by atoms with van der Waals surface area (Å²) < 4.78 is 5.38. The molecule has 0 radical (unpaired) electrons. The van der Waals surface area contributed by atoms with E-state index in [0.29, 0.717) is 17.9 Å². The summed E-state index contributed by atoms with van der Waals surface area (Å²) in [5.74, 6) is 0.528. The molecule has 0 heterocycles. The molecule has 0 unspecified atom stereocenters. The highest BCUT2D eigenvalue weighted by atomic mass is 16.5. The molecule has 0 aliphatic heterocycles. The molecule has 0 aliphatic rings. The fourth-order valence-corrected chi connectivity index (χ4v) is 1.23. The lowest BCUT2D eigenvalue weighted by atomic mass is 10.1. The van der Waals surface area contributed by atoms with E-state index in [1.807, 2.05) is 26.0 Å². The van der Waals surface area contributed by atoms with Crippen molar-refractivity contribution >= 4 is 5.91 Å². The van der Waals surface area contributed by atoms with Gasteiger partial charge in [0.25, 0.3) is 5.91 Å². The Bertz CT molecular complexity index is 334. The van der Waals surface area contributed by atoms with E-state index in [0.717, 1.165) is 5.56 Å². The average molecular weight is 193 g/mol. The Kier molecular flexibility index (Phi) is 3.51. The van der Waals surface area contributed by atoms with E-state index >= 15 is 0 Å². The Hall–Kier alpha value is -1.51. The van der Waals surface area contributed by atoms with E-state index in [2.05, 4.69) is 5.32 Å². The molecule has 1 N–H and O–H groups in total. The number of hydrogen-bond donors (Lipinski definition) is 1. The number of aryl methyl sites for hydroxylation is 1. The quantitative estimate of drug-likeness (QED) is 0.794. The fourth-order valence-electron chi connectivity index (χ4n) is 1.23. The molecule has 0 spiro atoms. The number of carbonyl (C=O) groups is 1. The molecule has 0 aliphatic carbocycles. The van der Waals surface area contributed by atoms with Crippen LogP contribution in [0.3, 0.4) is 0 Å². The normalized spacial score (nSPS) is 9.64. The van der Waals surface area contributed by atoms with Gasteiger partial charge >= 0.3 is 0 Å². The van der Waals surface area contributed by atoms with Crippen molar-refractivity contribution in [3.05, 3.63) is 29.3 Å². The Labute approximate surface area is 84.1 Å². The summed E-state index contributed by atoms with van der Waals surface area (Å²) in [4.78, 5) is 11.4. The van der Waals surface area contributed by atoms with Gasteiger partial charge in [-0.3, -0.25) is 4.79 Å². The molecule has 0 atom stereocenters. The van der Waals surface area contributed by atoms with Crippen LogP contribution in [0.5, 0.6) is 5.75 Å². The number of amides is 1. The molecule has 1 aromatic rings. The molecule has 76 valence electrons. The second-order valence-corrected chi connectivity index (χ2v) is 3.01. The van der Waals surface area contributed by atoms with Crippen LogP contribution in [0.2, 0.25) is 0 Å². The molecular weight excluding hydrogens is 178 g/mol. The molecule has 3 heteroatoms. The van der Waals surface area contributed by atoms with Crippen molar-refractivity contribution in [2.45, 2.75) is 13.8 Å². The van der Waals surface area contributed by atoms with Crippen LogP contribution < -0.4 is 10.1 Å². The van der Waals surface area contributed by atoms with E-state index in [1.54, 1.807) is 13.1 Å². The zero-order valence-electron chi connectivity index (χ0n) is 8.76. The first kappa shape index (κ1) is 10.6. The van der Waals surface area contributed by atoms with Gasteiger partial charge in [0.1, 0.15) is 5.75 Å². The van der Waals surface area contributed by atoms with Crippen LogP contribution in [0, 0.1) is 6.92 Å². The summed E-state index contributed by atoms with van der Waals surface area (Å²) in [5.41, 5.74) is 1.67. The van der Waals surface area contributed by atoms with E-state index in [9.17, 15) is 4.79 Å². The summed E-state index contributed by atoms with van der Waals surface area (Å²) in [6, 6.07) is 5.54. The highest BCUT2D eigenvalue weighted by Crippen LogP contribution is 2.20. The standard InChI is InChI=1S/C11H15NO2/c1-4-14-10-7-8(2)5-6-9(10)11(13)12-3/h5-7H,4H2,1-3H3,(H,12,13). The monoisotopic (exact) mass is 193 g/mol. The van der Waals surface area contributed by atoms with Gasteiger partial charge in [-0.2, -0.15) is 0 Å². The number of nitrogens with one attached hydrogen (secondary N) is 1. The first-order chi connectivity index (χ1) is 6.69. The Morgan fingerprint density at radius 3 is 2.79 bits per heavy atom. The van der Waals surface area contributed by atoms with Gasteiger partial charge in [-0.1, -0.05) is 6.07 Å². The van der Waals surface area contributed by atoms with Crippen molar-refractivity contribution < 1.29 is 9.53 Å². The van der Waals surface area contributed by atoms with Crippen LogP contribution in [0.15, 0.2) is 18.2 Å². The zero-order chi connectivity index (χ0) is 10.6. The summed E-state index contributed by atoms with van der Waals surface area (Å²) >= 11 is 0. The third kappa shape index (κ3) is 2.25. The largest absolute Gasteiger partial charge is 0.493 e. The molecule has 0 bridgehead atoms.